The Morgan fingerprint density at radius 1 is 0.248 bits per heavy atom. The smallest absolute Gasteiger partial charge is 0.178 e. The molecular weight excluding hydrogens is 1580 g/mol. The molecule has 0 fully saturated rings. The zero-order chi connectivity index (χ0) is 91.2. The molecular formula is C113H128N16. The molecule has 0 saturated carbocycles. The maximum atomic E-state index is 4.54. The van der Waals surface area contributed by atoms with Crippen molar-refractivity contribution in [3.8, 4) is 0 Å². The summed E-state index contributed by atoms with van der Waals surface area (Å²) >= 11 is 0. The van der Waals surface area contributed by atoms with Crippen LogP contribution in [0.2, 0.25) is 0 Å². The highest BCUT2D eigenvalue weighted by atomic mass is 15.5. The molecule has 660 valence electrons. The van der Waals surface area contributed by atoms with Crippen molar-refractivity contribution < 1.29 is 0 Å². The second-order valence-electron chi connectivity index (χ2n) is 36.1. The number of rotatable bonds is 11. The summed E-state index contributed by atoms with van der Waals surface area (Å²) in [6.45, 7) is 42.3. The normalized spacial score (nSPS) is 17.3. The summed E-state index contributed by atoms with van der Waals surface area (Å²) in [6, 6.07) is 103. The molecule has 129 heavy (non-hydrogen) atoms. The van der Waals surface area contributed by atoms with Gasteiger partial charge in [-0.25, -0.2) is 19.9 Å². The zero-order valence-corrected chi connectivity index (χ0v) is 79.5. The zero-order valence-electron chi connectivity index (χ0n) is 79.5. The van der Waals surface area contributed by atoms with Crippen molar-refractivity contribution in [3.63, 3.8) is 0 Å². The summed E-state index contributed by atoms with van der Waals surface area (Å²) in [5.74, 6) is 4.97. The fourth-order valence-corrected chi connectivity index (χ4v) is 18.8. The summed E-state index contributed by atoms with van der Waals surface area (Å²) in [5.41, 5.74) is 30.8. The minimum atomic E-state index is 0.121. The second kappa shape index (κ2) is 38.8. The predicted molar refractivity (Wildman–Crippen MR) is 548 cm³/mol. The quantitative estimate of drug-likeness (QED) is 0.123. The van der Waals surface area contributed by atoms with E-state index >= 15 is 0 Å². The largest absolute Gasteiger partial charge is 0.351 e. The highest BCUT2D eigenvalue weighted by Crippen LogP contribution is 2.53. The van der Waals surface area contributed by atoms with E-state index in [1.165, 1.54) is 135 Å². The van der Waals surface area contributed by atoms with E-state index in [0.717, 1.165) is 23.3 Å². The van der Waals surface area contributed by atoms with Gasteiger partial charge >= 0.3 is 0 Å². The van der Waals surface area contributed by atoms with E-state index in [9.17, 15) is 0 Å². The van der Waals surface area contributed by atoms with Gasteiger partial charge in [-0.15, -0.1) is 0 Å². The lowest BCUT2D eigenvalue weighted by atomic mass is 9.86. The number of benzene rings is 11. The maximum Gasteiger partial charge on any atom is 0.178 e. The third-order valence-corrected chi connectivity index (χ3v) is 26.1. The van der Waals surface area contributed by atoms with Crippen LogP contribution >= 0.6 is 0 Å². The first kappa shape index (κ1) is 89.9. The van der Waals surface area contributed by atoms with E-state index in [1.807, 2.05) is 24.5 Å². The van der Waals surface area contributed by atoms with E-state index in [4.69, 9.17) is 0 Å². The van der Waals surface area contributed by atoms with Gasteiger partial charge in [-0.2, -0.15) is 0 Å². The molecule has 0 saturated heterocycles. The number of aryl methyl sites for hydroxylation is 6. The van der Waals surface area contributed by atoms with Crippen molar-refractivity contribution in [2.75, 3.05) is 79.9 Å². The molecule has 9 heterocycles. The fourth-order valence-electron chi connectivity index (χ4n) is 18.8. The highest BCUT2D eigenvalue weighted by Gasteiger charge is 2.41. The molecule has 6 atom stereocenters. The number of hydrogen-bond acceptors (Lipinski definition) is 16. The first-order chi connectivity index (χ1) is 62.2. The van der Waals surface area contributed by atoms with Crippen molar-refractivity contribution in [2.24, 2.45) is 0 Å². The van der Waals surface area contributed by atoms with Crippen LogP contribution in [0.25, 0.3) is 0 Å². The molecule has 16 heteroatoms. The maximum absolute atomic E-state index is 4.54. The molecule has 0 unspecified atom stereocenters. The third-order valence-electron chi connectivity index (χ3n) is 26.1. The topological polar surface area (TPSA) is 90.4 Å². The fraction of sp³-hybridized carbons (Fsp3) is 0.274. The Kier molecular flexibility index (Phi) is 27.0. The molecule has 0 spiro atoms. The average molecular weight is 1710 g/mol. The third kappa shape index (κ3) is 18.0. The van der Waals surface area contributed by atoms with Gasteiger partial charge < -0.3 is 58.8 Å². The lowest BCUT2D eigenvalue weighted by molar-refractivity contribution is 0.590. The van der Waals surface area contributed by atoms with Crippen molar-refractivity contribution in [1.29, 1.82) is 0 Å². The van der Waals surface area contributed by atoms with Gasteiger partial charge in [-0.1, -0.05) is 230 Å². The molecule has 20 rings (SSSR count). The van der Waals surface area contributed by atoms with Crippen molar-refractivity contribution in [3.05, 3.63) is 378 Å². The molecule has 6 aliphatic heterocycles. The summed E-state index contributed by atoms with van der Waals surface area (Å²) < 4.78 is 0. The Hall–Kier alpha value is -13.9. The molecule has 0 amide bonds. The van der Waals surface area contributed by atoms with E-state index in [-0.39, 0.29) is 42.4 Å². The van der Waals surface area contributed by atoms with Crippen molar-refractivity contribution in [1.82, 2.24) is 19.9 Å². The number of hydrogen-bond donors (Lipinski definition) is 0. The van der Waals surface area contributed by atoms with Crippen LogP contribution in [0, 0.1) is 41.5 Å². The number of fused-ring (bicyclic) bond motifs is 5. The summed E-state index contributed by atoms with van der Waals surface area (Å²) in [4.78, 5) is 46.0. The molecule has 0 radical (unpaired) electrons. The molecule has 6 aliphatic rings. The standard InChI is InChI=1S/C25H28N2.C23H30N2.C21H20N2.2C15H17N3.C14H16N4/c1-18-11-9-10-14-22(18)27-19(2)26(21-12-7-6-8-13-21)23-16-15-20(17-24(23)27)25(3,4)5;1-16(2)20-11-9-12-21(17(3)4)23(20)25-15-14-24(19(25)6)22-13-8-7-10-18(22)5;1-16-10-6-7-13-19(16)23-17(2)22(18-11-4-3-5-12-18)20-14-8-9-15-21(20)23;1-11-7-4-5-8-13(11)18-12(2)17(3)15-14(18)9-6-10-16-15;1-11-7-4-5-8-13(11)18-12(2)17(3)14-9-6-10-16-15(14)18;1-10-6-4-5-7-12(10)18-11(2)17(3)13-14(18)16-9-8-15-13/h6-17,19H,1-5H3;7-17,19H,1-6H3;3-15,17H,1-2H3;2*4-10,12H,1-3H3;4-9,11H,1-3H3/t2*19-;17-;2*12-;11-/m010000/s1. The Balaban J connectivity index is 0.000000120. The molecule has 16 nitrogen and oxygen atoms in total. The number of para-hydroxylation sites is 11. The van der Waals surface area contributed by atoms with Gasteiger partial charge in [0.25, 0.3) is 0 Å². The molecule has 3 aromatic heterocycles. The first-order valence-electron chi connectivity index (χ1n) is 45.7. The highest BCUT2D eigenvalue weighted by molar-refractivity contribution is 5.92. The van der Waals surface area contributed by atoms with Crippen LogP contribution in [0.15, 0.2) is 328 Å². The van der Waals surface area contributed by atoms with E-state index in [1.54, 1.807) is 12.4 Å². The van der Waals surface area contributed by atoms with E-state index in [2.05, 4.69) is 523 Å². The van der Waals surface area contributed by atoms with E-state index < -0.39 is 0 Å². The molecule has 0 aliphatic carbocycles. The molecule has 11 aromatic carbocycles. The van der Waals surface area contributed by atoms with Crippen LogP contribution in [-0.2, 0) is 5.41 Å². The summed E-state index contributed by atoms with van der Waals surface area (Å²) in [6.07, 6.45) is 13.2. The van der Waals surface area contributed by atoms with Gasteiger partial charge in [0, 0.05) is 110 Å². The van der Waals surface area contributed by atoms with Crippen molar-refractivity contribution >= 4 is 109 Å². The Labute approximate surface area is 768 Å². The minimum Gasteiger partial charge on any atom is -0.351 e. The van der Waals surface area contributed by atoms with Crippen LogP contribution in [0.1, 0.15) is 152 Å². The van der Waals surface area contributed by atoms with Gasteiger partial charge in [-0.3, -0.25) is 0 Å². The molecule has 14 aromatic rings. The number of pyridine rings is 2. The lowest BCUT2D eigenvalue weighted by Crippen LogP contribution is -2.37. The Bertz CT molecular complexity index is 5950. The minimum absolute atomic E-state index is 0.121. The van der Waals surface area contributed by atoms with Gasteiger partial charge in [0.15, 0.2) is 23.3 Å². The van der Waals surface area contributed by atoms with Gasteiger partial charge in [0.2, 0.25) is 0 Å². The molecule has 0 bridgehead atoms. The predicted octanol–water partition coefficient (Wildman–Crippen LogP) is 28.3. The summed E-state index contributed by atoms with van der Waals surface area (Å²) in [5, 5.41) is 0. The number of nitrogens with zero attached hydrogens (tertiary/aromatic N) is 16. The van der Waals surface area contributed by atoms with Crippen LogP contribution < -0.4 is 58.8 Å². The molecule has 0 N–H and O–H groups in total. The van der Waals surface area contributed by atoms with E-state index in [0.29, 0.717) is 11.8 Å². The lowest BCUT2D eigenvalue weighted by Gasteiger charge is -2.34. The Morgan fingerprint density at radius 3 is 1.02 bits per heavy atom. The number of anilines is 19. The SMILES string of the molecule is Cc1ccccc1N1C=CN(c2c(C(C)C)cccc2C(C)C)[C@@H]1C.Cc1ccccc1N1c2cc(C(C)(C)C)ccc2N(c2ccccc2)[C@@H]1C.Cc1ccccc1N1c2ccccc2N(c2ccccc2)[C@@H]1C.Cc1ccccc1N1c2cccnc2N(C)[C@@H]1C.Cc1ccccc1N1c2ncccc2N(C)[C@@H]1C.Cc1ccccc1N1c2nccnc2N(C)[C@@H]1C. The van der Waals surface area contributed by atoms with Gasteiger partial charge in [0.1, 0.15) is 37.0 Å². The van der Waals surface area contributed by atoms with Crippen LogP contribution in [0.5, 0.6) is 0 Å². The average Bonchev–Trinajstić information content (AvgIpc) is 1.58. The van der Waals surface area contributed by atoms with Gasteiger partial charge in [0.05, 0.1) is 34.1 Å². The van der Waals surface area contributed by atoms with Crippen LogP contribution in [0.3, 0.4) is 0 Å². The Morgan fingerprint density at radius 2 is 0.574 bits per heavy atom. The van der Waals surface area contributed by atoms with Crippen molar-refractivity contribution in [2.45, 2.75) is 186 Å². The van der Waals surface area contributed by atoms with Crippen LogP contribution in [-0.4, -0.2) is 78.1 Å². The van der Waals surface area contributed by atoms with Gasteiger partial charge in [-0.05, 0) is 260 Å². The summed E-state index contributed by atoms with van der Waals surface area (Å²) in [7, 11) is 6.26. The monoisotopic (exact) mass is 1710 g/mol. The number of aromatic nitrogens is 4. The first-order valence-corrected chi connectivity index (χ1v) is 45.7. The van der Waals surface area contributed by atoms with Crippen LogP contribution in [0.4, 0.5) is 109 Å². The second-order valence-corrected chi connectivity index (χ2v) is 36.1.